The molecule has 1 aliphatic heterocycles. The van der Waals surface area contributed by atoms with Gasteiger partial charge in [-0.15, -0.1) is 0 Å². The zero-order valence-corrected chi connectivity index (χ0v) is 10.1. The molecule has 1 heterocycles. The SMILES string of the molecule is C/C=C1/c2ccccc2N(C(C)=O)C1(C)OO. The molecule has 1 N–H and O–H groups in total. The molecule has 0 aliphatic carbocycles. The number of benzene rings is 1. The van der Waals surface area contributed by atoms with Crippen LogP contribution in [0.5, 0.6) is 0 Å². The van der Waals surface area contributed by atoms with Crippen molar-refractivity contribution in [3.63, 3.8) is 0 Å². The van der Waals surface area contributed by atoms with Gasteiger partial charge in [0.05, 0.1) is 5.69 Å². The van der Waals surface area contributed by atoms with Crippen LogP contribution in [0.3, 0.4) is 0 Å². The summed E-state index contributed by atoms with van der Waals surface area (Å²) in [6.45, 7) is 4.98. The minimum absolute atomic E-state index is 0.175. The van der Waals surface area contributed by atoms with Crippen LogP contribution in [0.15, 0.2) is 30.3 Å². The van der Waals surface area contributed by atoms with Crippen LogP contribution in [0.2, 0.25) is 0 Å². The molecule has 1 atom stereocenters. The molecule has 0 saturated carbocycles. The molecule has 1 unspecified atom stereocenters. The molecule has 0 saturated heterocycles. The van der Waals surface area contributed by atoms with Crippen LogP contribution in [0, 0.1) is 0 Å². The van der Waals surface area contributed by atoms with Crippen molar-refractivity contribution in [3.05, 3.63) is 35.9 Å². The van der Waals surface area contributed by atoms with E-state index in [2.05, 4.69) is 4.89 Å². The molecule has 1 aromatic carbocycles. The quantitative estimate of drug-likeness (QED) is 0.599. The number of anilines is 1. The maximum atomic E-state index is 11.8. The molecule has 17 heavy (non-hydrogen) atoms. The molecule has 1 aliphatic rings. The van der Waals surface area contributed by atoms with Crippen molar-refractivity contribution in [3.8, 4) is 0 Å². The van der Waals surface area contributed by atoms with E-state index in [1.54, 1.807) is 6.92 Å². The number of nitrogens with zero attached hydrogens (tertiary/aromatic N) is 1. The third-order valence-corrected chi connectivity index (χ3v) is 3.14. The number of carbonyl (C=O) groups is 1. The molecule has 90 valence electrons. The minimum atomic E-state index is -1.15. The van der Waals surface area contributed by atoms with Gasteiger partial charge in [-0.25, -0.2) is 10.1 Å². The van der Waals surface area contributed by atoms with Crippen molar-refractivity contribution in [1.29, 1.82) is 0 Å². The summed E-state index contributed by atoms with van der Waals surface area (Å²) in [6, 6.07) is 7.49. The lowest BCUT2D eigenvalue weighted by molar-refractivity contribution is -0.295. The highest BCUT2D eigenvalue weighted by molar-refractivity contribution is 6.04. The van der Waals surface area contributed by atoms with Gasteiger partial charge >= 0.3 is 0 Å². The van der Waals surface area contributed by atoms with E-state index in [0.29, 0.717) is 0 Å². The highest BCUT2D eigenvalue weighted by Gasteiger charge is 2.47. The summed E-state index contributed by atoms with van der Waals surface area (Å²) < 4.78 is 0. The van der Waals surface area contributed by atoms with Crippen LogP contribution in [0.4, 0.5) is 5.69 Å². The van der Waals surface area contributed by atoms with Crippen molar-refractivity contribution in [2.75, 3.05) is 4.90 Å². The lowest BCUT2D eigenvalue weighted by atomic mass is 10.0. The predicted molar refractivity (Wildman–Crippen MR) is 65.4 cm³/mol. The van der Waals surface area contributed by atoms with Crippen LogP contribution >= 0.6 is 0 Å². The largest absolute Gasteiger partial charge is 0.276 e. The summed E-state index contributed by atoms with van der Waals surface area (Å²) in [6.07, 6.45) is 1.85. The first kappa shape index (κ1) is 11.8. The summed E-state index contributed by atoms with van der Waals surface area (Å²) in [5, 5.41) is 9.18. The second-order valence-corrected chi connectivity index (χ2v) is 4.15. The Hall–Kier alpha value is -1.65. The van der Waals surface area contributed by atoms with E-state index in [1.165, 1.54) is 11.8 Å². The molecule has 0 bridgehead atoms. The summed E-state index contributed by atoms with van der Waals surface area (Å²) in [4.78, 5) is 17.8. The van der Waals surface area contributed by atoms with Gasteiger partial charge in [-0.1, -0.05) is 24.3 Å². The van der Waals surface area contributed by atoms with E-state index < -0.39 is 5.72 Å². The molecule has 1 amide bonds. The van der Waals surface area contributed by atoms with E-state index in [4.69, 9.17) is 0 Å². The number of hydrogen-bond acceptors (Lipinski definition) is 3. The smallest absolute Gasteiger partial charge is 0.226 e. The average Bonchev–Trinajstić information content (AvgIpc) is 2.57. The van der Waals surface area contributed by atoms with Crippen molar-refractivity contribution in [2.45, 2.75) is 26.5 Å². The average molecular weight is 233 g/mol. The van der Waals surface area contributed by atoms with Gasteiger partial charge < -0.3 is 0 Å². The van der Waals surface area contributed by atoms with E-state index in [0.717, 1.165) is 16.8 Å². The highest BCUT2D eigenvalue weighted by atomic mass is 17.1. The Kier molecular flexibility index (Phi) is 2.77. The first-order chi connectivity index (χ1) is 8.06. The standard InChI is InChI=1S/C13H15NO3/c1-4-11-10-7-5-6-8-12(10)14(9(2)15)13(11,3)17-16/h4-8,16H,1-3H3/b11-4-. The van der Waals surface area contributed by atoms with Crippen molar-refractivity contribution in [2.24, 2.45) is 0 Å². The predicted octanol–water partition coefficient (Wildman–Crippen LogP) is 2.66. The molecule has 0 radical (unpaired) electrons. The molecule has 0 fully saturated rings. The Morgan fingerprint density at radius 2 is 2.12 bits per heavy atom. The van der Waals surface area contributed by atoms with Crippen molar-refractivity contribution in [1.82, 2.24) is 0 Å². The van der Waals surface area contributed by atoms with Crippen molar-refractivity contribution >= 4 is 17.2 Å². The Labute approximate surface area is 100 Å². The first-order valence-electron chi connectivity index (χ1n) is 5.46. The minimum Gasteiger partial charge on any atom is -0.276 e. The first-order valence-corrected chi connectivity index (χ1v) is 5.46. The highest BCUT2D eigenvalue weighted by Crippen LogP contribution is 2.47. The van der Waals surface area contributed by atoms with Crippen LogP contribution in [-0.4, -0.2) is 16.9 Å². The lowest BCUT2D eigenvalue weighted by Crippen LogP contribution is -2.47. The fourth-order valence-corrected chi connectivity index (χ4v) is 2.48. The lowest BCUT2D eigenvalue weighted by Gasteiger charge is -2.32. The molecular weight excluding hydrogens is 218 g/mol. The maximum absolute atomic E-state index is 11.8. The molecule has 0 aromatic heterocycles. The number of carbonyl (C=O) groups excluding carboxylic acids is 1. The zero-order chi connectivity index (χ0) is 12.6. The molecule has 1 aromatic rings. The van der Waals surface area contributed by atoms with Gasteiger partial charge in [0.25, 0.3) is 0 Å². The monoisotopic (exact) mass is 233 g/mol. The number of amides is 1. The molecule has 4 heteroatoms. The van der Waals surface area contributed by atoms with Crippen LogP contribution < -0.4 is 4.90 Å². The molecular formula is C13H15NO3. The van der Waals surface area contributed by atoms with Gasteiger partial charge in [0.1, 0.15) is 0 Å². The Bertz CT molecular complexity index is 495. The number of fused-ring (bicyclic) bond motifs is 1. The zero-order valence-electron chi connectivity index (χ0n) is 10.1. The fraction of sp³-hybridized carbons (Fsp3) is 0.308. The third-order valence-electron chi connectivity index (χ3n) is 3.14. The van der Waals surface area contributed by atoms with Gasteiger partial charge in [-0.05, 0) is 19.9 Å². The summed E-state index contributed by atoms with van der Waals surface area (Å²) in [7, 11) is 0. The normalized spacial score (nSPS) is 25.2. The van der Waals surface area contributed by atoms with Crippen molar-refractivity contribution < 1.29 is 14.9 Å². The van der Waals surface area contributed by atoms with E-state index in [9.17, 15) is 10.1 Å². The number of rotatable bonds is 1. The van der Waals surface area contributed by atoms with Gasteiger partial charge in [0.15, 0.2) is 0 Å². The Morgan fingerprint density at radius 3 is 2.65 bits per heavy atom. The Morgan fingerprint density at radius 1 is 1.47 bits per heavy atom. The fourth-order valence-electron chi connectivity index (χ4n) is 2.48. The number of allylic oxidation sites excluding steroid dienone is 1. The maximum Gasteiger partial charge on any atom is 0.226 e. The summed E-state index contributed by atoms with van der Waals surface area (Å²) >= 11 is 0. The second kappa shape index (κ2) is 3.98. The van der Waals surface area contributed by atoms with Crippen LogP contribution in [0.25, 0.3) is 5.57 Å². The van der Waals surface area contributed by atoms with E-state index in [1.807, 2.05) is 37.3 Å². The van der Waals surface area contributed by atoms with Gasteiger partial charge in [0.2, 0.25) is 11.6 Å². The van der Waals surface area contributed by atoms with Gasteiger partial charge in [-0.3, -0.25) is 9.69 Å². The number of para-hydroxylation sites is 1. The van der Waals surface area contributed by atoms with Crippen LogP contribution in [-0.2, 0) is 9.68 Å². The third kappa shape index (κ3) is 1.49. The molecule has 2 rings (SSSR count). The van der Waals surface area contributed by atoms with Crippen LogP contribution in [0.1, 0.15) is 26.3 Å². The Balaban J connectivity index is 2.71. The van der Waals surface area contributed by atoms with Gasteiger partial charge in [0, 0.05) is 18.1 Å². The van der Waals surface area contributed by atoms with E-state index >= 15 is 0 Å². The molecule has 0 spiro atoms. The summed E-state index contributed by atoms with van der Waals surface area (Å²) in [5.74, 6) is -0.175. The number of hydrogen-bond donors (Lipinski definition) is 1. The van der Waals surface area contributed by atoms with E-state index in [-0.39, 0.29) is 5.91 Å². The molecule has 4 nitrogen and oxygen atoms in total. The summed E-state index contributed by atoms with van der Waals surface area (Å²) in [5.41, 5.74) is 1.29. The topological polar surface area (TPSA) is 49.8 Å². The second-order valence-electron chi connectivity index (χ2n) is 4.15. The van der Waals surface area contributed by atoms with Gasteiger partial charge in [-0.2, -0.15) is 0 Å².